The number of aromatic nitrogens is 2. The molecule has 0 radical (unpaired) electrons. The summed E-state index contributed by atoms with van der Waals surface area (Å²) in [6, 6.07) is 7.88. The molecule has 7 heteroatoms. The van der Waals surface area contributed by atoms with Gasteiger partial charge in [0.2, 0.25) is 0 Å². The number of fused-ring (bicyclic) bond motifs is 1. The zero-order valence-electron chi connectivity index (χ0n) is 14.8. The molecule has 0 bridgehead atoms. The maximum atomic E-state index is 12.0. The molecule has 1 N–H and O–H groups in total. The van der Waals surface area contributed by atoms with Gasteiger partial charge >= 0.3 is 6.09 Å². The van der Waals surface area contributed by atoms with Crippen LogP contribution < -0.4 is 10.2 Å². The molecule has 1 amide bonds. The van der Waals surface area contributed by atoms with Gasteiger partial charge in [0.05, 0.1) is 0 Å². The van der Waals surface area contributed by atoms with Gasteiger partial charge in [-0.1, -0.05) is 6.07 Å². The van der Waals surface area contributed by atoms with Crippen molar-refractivity contribution in [1.29, 1.82) is 5.26 Å². The van der Waals surface area contributed by atoms with Crippen LogP contribution in [0.1, 0.15) is 39.3 Å². The lowest BCUT2D eigenvalue weighted by atomic mass is 10.1. The highest BCUT2D eigenvalue weighted by atomic mass is 16.6. The zero-order chi connectivity index (χ0) is 18.0. The largest absolute Gasteiger partial charge is 0.444 e. The second-order valence-corrected chi connectivity index (χ2v) is 7.26. The van der Waals surface area contributed by atoms with Crippen molar-refractivity contribution in [2.75, 3.05) is 18.0 Å². The Morgan fingerprint density at radius 1 is 1.44 bits per heavy atom. The lowest BCUT2D eigenvalue weighted by Crippen LogP contribution is -2.49. The predicted molar refractivity (Wildman–Crippen MR) is 94.5 cm³/mol. The summed E-state index contributed by atoms with van der Waals surface area (Å²) in [5.41, 5.74) is 0.748. The fourth-order valence-corrected chi connectivity index (χ4v) is 3.07. The molecule has 1 atom stereocenters. The number of imidazole rings is 1. The fraction of sp³-hybridized carbons (Fsp3) is 0.500. The van der Waals surface area contributed by atoms with Gasteiger partial charge in [-0.25, -0.2) is 9.78 Å². The topological polar surface area (TPSA) is 82.7 Å². The molecule has 132 valence electrons. The van der Waals surface area contributed by atoms with E-state index in [1.807, 2.05) is 45.2 Å². The third-order valence-corrected chi connectivity index (χ3v) is 4.06. The van der Waals surface area contributed by atoms with E-state index in [0.29, 0.717) is 18.1 Å². The first-order chi connectivity index (χ1) is 11.9. The van der Waals surface area contributed by atoms with Gasteiger partial charge in [-0.2, -0.15) is 5.26 Å². The molecule has 25 heavy (non-hydrogen) atoms. The Kier molecular flexibility index (Phi) is 4.53. The zero-order valence-corrected chi connectivity index (χ0v) is 14.8. The molecule has 0 saturated carbocycles. The number of pyridine rings is 1. The van der Waals surface area contributed by atoms with Gasteiger partial charge in [-0.05, 0) is 45.7 Å². The second-order valence-electron chi connectivity index (χ2n) is 7.26. The Hall–Kier alpha value is -2.75. The van der Waals surface area contributed by atoms with Crippen molar-refractivity contribution >= 4 is 17.6 Å². The normalized spacial score (nSPS) is 18.0. The summed E-state index contributed by atoms with van der Waals surface area (Å²) in [6.07, 6.45) is 3.23. The molecule has 0 aliphatic carbocycles. The molecule has 0 spiro atoms. The van der Waals surface area contributed by atoms with Crippen LogP contribution in [0.5, 0.6) is 0 Å². The lowest BCUT2D eigenvalue weighted by Gasteiger charge is -2.33. The molecule has 0 unspecified atom stereocenters. The molecule has 3 heterocycles. The summed E-state index contributed by atoms with van der Waals surface area (Å²) < 4.78 is 7.13. The Balaban J connectivity index is 1.76. The number of amides is 1. The van der Waals surface area contributed by atoms with Crippen LogP contribution >= 0.6 is 0 Å². The van der Waals surface area contributed by atoms with Crippen LogP contribution in [0.4, 0.5) is 10.6 Å². The summed E-state index contributed by atoms with van der Waals surface area (Å²) in [5, 5.41) is 12.5. The highest BCUT2D eigenvalue weighted by Crippen LogP contribution is 2.24. The van der Waals surface area contributed by atoms with E-state index in [2.05, 4.69) is 21.3 Å². The van der Waals surface area contributed by atoms with E-state index in [1.54, 1.807) is 4.40 Å². The van der Waals surface area contributed by atoms with E-state index < -0.39 is 11.7 Å². The predicted octanol–water partition coefficient (Wildman–Crippen LogP) is 2.70. The Bertz CT molecular complexity index is 815. The standard InChI is InChI=1S/C18H23N5O2/c1-18(2,3)25-17(24)20-13-7-6-9-22(12-13)16-14(11-19)23-10-5-4-8-15(23)21-16/h4-5,8,10,13H,6-7,9,12H2,1-3H3,(H,20,24)/t13-/m1/s1. The highest BCUT2D eigenvalue weighted by molar-refractivity contribution is 5.68. The molecular formula is C18H23N5O2. The average Bonchev–Trinajstić information content (AvgIpc) is 2.91. The van der Waals surface area contributed by atoms with E-state index in [9.17, 15) is 10.1 Å². The molecule has 1 fully saturated rings. The third kappa shape index (κ3) is 3.85. The quantitative estimate of drug-likeness (QED) is 0.908. The number of alkyl carbamates (subject to hydrolysis) is 1. The fourth-order valence-electron chi connectivity index (χ4n) is 3.07. The lowest BCUT2D eigenvalue weighted by molar-refractivity contribution is 0.0500. The van der Waals surface area contributed by atoms with Crippen molar-refractivity contribution in [1.82, 2.24) is 14.7 Å². The van der Waals surface area contributed by atoms with Crippen molar-refractivity contribution < 1.29 is 9.53 Å². The van der Waals surface area contributed by atoms with Gasteiger partial charge in [0.25, 0.3) is 0 Å². The maximum absolute atomic E-state index is 12.0. The molecule has 1 saturated heterocycles. The van der Waals surface area contributed by atoms with Gasteiger partial charge in [0.1, 0.15) is 17.3 Å². The van der Waals surface area contributed by atoms with Crippen LogP contribution in [0, 0.1) is 11.3 Å². The van der Waals surface area contributed by atoms with Crippen molar-refractivity contribution in [3.63, 3.8) is 0 Å². The summed E-state index contributed by atoms with van der Waals surface area (Å²) in [7, 11) is 0. The van der Waals surface area contributed by atoms with E-state index in [4.69, 9.17) is 4.74 Å². The minimum absolute atomic E-state index is 0.0278. The smallest absolute Gasteiger partial charge is 0.407 e. The van der Waals surface area contributed by atoms with Gasteiger partial charge in [-0.3, -0.25) is 4.40 Å². The minimum Gasteiger partial charge on any atom is -0.444 e. The Labute approximate surface area is 147 Å². The van der Waals surface area contributed by atoms with Gasteiger partial charge in [-0.15, -0.1) is 0 Å². The first-order valence-corrected chi connectivity index (χ1v) is 8.49. The van der Waals surface area contributed by atoms with E-state index in [0.717, 1.165) is 25.0 Å². The number of piperidine rings is 1. The number of ether oxygens (including phenoxy) is 1. The number of hydrogen-bond acceptors (Lipinski definition) is 5. The molecule has 3 rings (SSSR count). The minimum atomic E-state index is -0.520. The molecule has 2 aromatic rings. The number of nitrogens with one attached hydrogen (secondary N) is 1. The summed E-state index contributed by atoms with van der Waals surface area (Å²) >= 11 is 0. The van der Waals surface area contributed by atoms with Crippen LogP contribution in [0.2, 0.25) is 0 Å². The molecule has 1 aliphatic rings. The first-order valence-electron chi connectivity index (χ1n) is 8.49. The van der Waals surface area contributed by atoms with Crippen LogP contribution in [-0.4, -0.2) is 40.2 Å². The number of anilines is 1. The number of rotatable bonds is 2. The van der Waals surface area contributed by atoms with Gasteiger partial charge < -0.3 is 15.0 Å². The second kappa shape index (κ2) is 6.63. The average molecular weight is 341 g/mol. The van der Waals surface area contributed by atoms with Crippen LogP contribution in [0.15, 0.2) is 24.4 Å². The summed E-state index contributed by atoms with van der Waals surface area (Å²) in [4.78, 5) is 18.7. The number of carbonyl (C=O) groups excluding carboxylic acids is 1. The van der Waals surface area contributed by atoms with E-state index >= 15 is 0 Å². The number of nitriles is 1. The van der Waals surface area contributed by atoms with Crippen molar-refractivity contribution in [2.45, 2.75) is 45.3 Å². The van der Waals surface area contributed by atoms with Crippen molar-refractivity contribution in [3.05, 3.63) is 30.1 Å². The third-order valence-electron chi connectivity index (χ3n) is 4.06. The molecule has 0 aromatic carbocycles. The molecule has 2 aromatic heterocycles. The van der Waals surface area contributed by atoms with Crippen LogP contribution in [-0.2, 0) is 4.74 Å². The van der Waals surface area contributed by atoms with E-state index in [1.165, 1.54) is 0 Å². The van der Waals surface area contributed by atoms with Crippen molar-refractivity contribution in [2.24, 2.45) is 0 Å². The first kappa shape index (κ1) is 17.1. The monoisotopic (exact) mass is 341 g/mol. The SMILES string of the molecule is CC(C)(C)OC(=O)N[C@@H]1CCCN(c2nc3ccccn3c2C#N)C1. The van der Waals surface area contributed by atoms with Crippen LogP contribution in [0.25, 0.3) is 5.65 Å². The van der Waals surface area contributed by atoms with Crippen LogP contribution in [0.3, 0.4) is 0 Å². The molecule has 1 aliphatic heterocycles. The number of nitrogens with zero attached hydrogens (tertiary/aromatic N) is 4. The van der Waals surface area contributed by atoms with Crippen molar-refractivity contribution in [3.8, 4) is 6.07 Å². The summed E-state index contributed by atoms with van der Waals surface area (Å²) in [5.74, 6) is 0.671. The number of hydrogen-bond donors (Lipinski definition) is 1. The molecule has 7 nitrogen and oxygen atoms in total. The summed E-state index contributed by atoms with van der Waals surface area (Å²) in [6.45, 7) is 6.95. The van der Waals surface area contributed by atoms with Gasteiger partial charge in [0.15, 0.2) is 11.5 Å². The number of carbonyl (C=O) groups is 1. The Morgan fingerprint density at radius 2 is 2.24 bits per heavy atom. The Morgan fingerprint density at radius 3 is 2.96 bits per heavy atom. The molecular weight excluding hydrogens is 318 g/mol. The highest BCUT2D eigenvalue weighted by Gasteiger charge is 2.27. The van der Waals surface area contributed by atoms with E-state index in [-0.39, 0.29) is 6.04 Å². The van der Waals surface area contributed by atoms with Gasteiger partial charge in [0, 0.05) is 25.3 Å². The maximum Gasteiger partial charge on any atom is 0.407 e.